The van der Waals surface area contributed by atoms with Gasteiger partial charge < -0.3 is 16.4 Å². The Balaban J connectivity index is 2.01. The highest BCUT2D eigenvalue weighted by molar-refractivity contribution is 5.91. The van der Waals surface area contributed by atoms with Crippen LogP contribution in [0.3, 0.4) is 0 Å². The number of benzene rings is 1. The molecule has 2 aromatic rings. The number of hydrogen-bond donors (Lipinski definition) is 2. The van der Waals surface area contributed by atoms with E-state index in [4.69, 9.17) is 11.5 Å². The minimum Gasteiger partial charge on any atom is -0.399 e. The lowest BCUT2D eigenvalue weighted by atomic mass is 9.97. The molecular formula is C14H17N5O. The van der Waals surface area contributed by atoms with Gasteiger partial charge in [0.05, 0.1) is 11.4 Å². The number of fused-ring (bicyclic) bond motifs is 1. The molecule has 6 heteroatoms. The summed E-state index contributed by atoms with van der Waals surface area (Å²) in [6.45, 7) is 1.47. The van der Waals surface area contributed by atoms with Crippen LogP contribution in [0.4, 0.5) is 11.5 Å². The highest BCUT2D eigenvalue weighted by atomic mass is 16.1. The van der Waals surface area contributed by atoms with Crippen LogP contribution in [0, 0.1) is 5.92 Å². The number of anilines is 2. The molecule has 0 spiro atoms. The maximum atomic E-state index is 11.4. The van der Waals surface area contributed by atoms with E-state index in [2.05, 4.69) is 14.9 Å². The molecule has 1 aromatic carbocycles. The molecule has 1 aliphatic heterocycles. The van der Waals surface area contributed by atoms with Crippen molar-refractivity contribution in [1.82, 2.24) is 9.97 Å². The zero-order valence-electron chi connectivity index (χ0n) is 11.1. The van der Waals surface area contributed by atoms with Gasteiger partial charge in [0, 0.05) is 24.2 Å². The van der Waals surface area contributed by atoms with Gasteiger partial charge in [0.15, 0.2) is 0 Å². The summed E-state index contributed by atoms with van der Waals surface area (Å²) in [5, 5.41) is 0.914. The van der Waals surface area contributed by atoms with Crippen molar-refractivity contribution in [3.05, 3.63) is 24.5 Å². The first-order chi connectivity index (χ1) is 9.65. The van der Waals surface area contributed by atoms with Crippen LogP contribution >= 0.6 is 0 Å². The van der Waals surface area contributed by atoms with E-state index in [1.807, 2.05) is 18.2 Å². The number of aromatic nitrogens is 2. The van der Waals surface area contributed by atoms with Crippen molar-refractivity contribution in [2.45, 2.75) is 12.8 Å². The van der Waals surface area contributed by atoms with Crippen molar-refractivity contribution in [2.75, 3.05) is 23.7 Å². The Labute approximate surface area is 116 Å². The topological polar surface area (TPSA) is 98.1 Å². The Morgan fingerprint density at radius 2 is 2.20 bits per heavy atom. The molecular weight excluding hydrogens is 254 g/mol. The number of amides is 1. The second-order valence-electron chi connectivity index (χ2n) is 5.16. The quantitative estimate of drug-likeness (QED) is 0.791. The summed E-state index contributed by atoms with van der Waals surface area (Å²) < 4.78 is 0. The molecule has 3 rings (SSSR count). The number of carbonyl (C=O) groups is 1. The van der Waals surface area contributed by atoms with Crippen LogP contribution < -0.4 is 16.4 Å². The normalized spacial score (nSPS) is 19.2. The second-order valence-corrected chi connectivity index (χ2v) is 5.16. The fraction of sp³-hybridized carbons (Fsp3) is 0.357. The molecule has 1 amide bonds. The Morgan fingerprint density at radius 3 is 3.00 bits per heavy atom. The lowest BCUT2D eigenvalue weighted by Gasteiger charge is -2.32. The minimum absolute atomic E-state index is 0.116. The van der Waals surface area contributed by atoms with E-state index in [1.165, 1.54) is 0 Å². The number of carbonyl (C=O) groups excluding carboxylic acids is 1. The van der Waals surface area contributed by atoms with E-state index in [1.54, 1.807) is 6.33 Å². The van der Waals surface area contributed by atoms with Gasteiger partial charge in [-0.3, -0.25) is 4.79 Å². The van der Waals surface area contributed by atoms with E-state index < -0.39 is 0 Å². The lowest BCUT2D eigenvalue weighted by Crippen LogP contribution is -2.41. The van der Waals surface area contributed by atoms with Gasteiger partial charge in [0.2, 0.25) is 5.91 Å². The van der Waals surface area contributed by atoms with Gasteiger partial charge in [-0.1, -0.05) is 0 Å². The second kappa shape index (κ2) is 4.96. The van der Waals surface area contributed by atoms with Crippen LogP contribution in [0.1, 0.15) is 12.8 Å². The van der Waals surface area contributed by atoms with Crippen molar-refractivity contribution in [3.8, 4) is 0 Å². The summed E-state index contributed by atoms with van der Waals surface area (Å²) in [4.78, 5) is 22.1. The Hall–Kier alpha value is -2.37. The molecule has 1 fully saturated rings. The molecule has 1 aromatic heterocycles. The molecule has 1 aliphatic rings. The standard InChI is InChI=1S/C14H17N5O/c15-10-3-4-12-11(6-10)14(18-8-17-12)19-5-1-2-9(7-19)13(16)20/h3-4,6,8-9H,1-2,5,7,15H2,(H2,16,20). The lowest BCUT2D eigenvalue weighted by molar-refractivity contribution is -0.122. The van der Waals surface area contributed by atoms with Gasteiger partial charge in [-0.15, -0.1) is 0 Å². The average Bonchev–Trinajstić information content (AvgIpc) is 2.46. The molecule has 6 nitrogen and oxygen atoms in total. The summed E-state index contributed by atoms with van der Waals surface area (Å²) in [5.41, 5.74) is 12.8. The minimum atomic E-state index is -0.243. The third kappa shape index (κ3) is 2.24. The van der Waals surface area contributed by atoms with Crippen molar-refractivity contribution < 1.29 is 4.79 Å². The molecule has 1 atom stereocenters. The van der Waals surface area contributed by atoms with Gasteiger partial charge in [0.1, 0.15) is 12.1 Å². The molecule has 0 aliphatic carbocycles. The number of nitrogens with two attached hydrogens (primary N) is 2. The molecule has 1 saturated heterocycles. The fourth-order valence-electron chi connectivity index (χ4n) is 2.71. The summed E-state index contributed by atoms with van der Waals surface area (Å²) in [5.74, 6) is 0.468. The van der Waals surface area contributed by atoms with Gasteiger partial charge in [-0.2, -0.15) is 0 Å². The van der Waals surface area contributed by atoms with Crippen LogP contribution in [0.25, 0.3) is 10.9 Å². The zero-order valence-corrected chi connectivity index (χ0v) is 11.1. The van der Waals surface area contributed by atoms with E-state index in [-0.39, 0.29) is 11.8 Å². The third-order valence-corrected chi connectivity index (χ3v) is 3.76. The smallest absolute Gasteiger partial charge is 0.222 e. The largest absolute Gasteiger partial charge is 0.399 e. The predicted molar refractivity (Wildman–Crippen MR) is 78.1 cm³/mol. The van der Waals surface area contributed by atoms with Gasteiger partial charge in [-0.25, -0.2) is 9.97 Å². The fourth-order valence-corrected chi connectivity index (χ4v) is 2.71. The summed E-state index contributed by atoms with van der Waals surface area (Å²) >= 11 is 0. The van der Waals surface area contributed by atoms with Crippen molar-refractivity contribution in [3.63, 3.8) is 0 Å². The summed E-state index contributed by atoms with van der Waals surface area (Å²) in [6, 6.07) is 5.57. The van der Waals surface area contributed by atoms with Crippen LogP contribution in [0.15, 0.2) is 24.5 Å². The summed E-state index contributed by atoms with van der Waals surface area (Å²) in [7, 11) is 0. The maximum Gasteiger partial charge on any atom is 0.222 e. The molecule has 4 N–H and O–H groups in total. The maximum absolute atomic E-state index is 11.4. The number of rotatable bonds is 2. The van der Waals surface area contributed by atoms with Crippen molar-refractivity contribution >= 4 is 28.3 Å². The van der Waals surface area contributed by atoms with Crippen molar-refractivity contribution in [1.29, 1.82) is 0 Å². The highest BCUT2D eigenvalue weighted by Crippen LogP contribution is 2.28. The first-order valence-corrected chi connectivity index (χ1v) is 6.69. The molecule has 1 unspecified atom stereocenters. The number of nitrogen functional groups attached to an aromatic ring is 1. The van der Waals surface area contributed by atoms with Gasteiger partial charge in [0.25, 0.3) is 0 Å². The van der Waals surface area contributed by atoms with Crippen LogP contribution in [-0.4, -0.2) is 29.0 Å². The summed E-state index contributed by atoms with van der Waals surface area (Å²) in [6.07, 6.45) is 3.32. The molecule has 0 saturated carbocycles. The number of hydrogen-bond acceptors (Lipinski definition) is 5. The zero-order chi connectivity index (χ0) is 14.1. The first-order valence-electron chi connectivity index (χ1n) is 6.69. The first kappa shape index (κ1) is 12.7. The van der Waals surface area contributed by atoms with Crippen LogP contribution in [-0.2, 0) is 4.79 Å². The molecule has 20 heavy (non-hydrogen) atoms. The van der Waals surface area contributed by atoms with Crippen molar-refractivity contribution in [2.24, 2.45) is 11.7 Å². The van der Waals surface area contributed by atoms with E-state index in [9.17, 15) is 4.79 Å². The van der Waals surface area contributed by atoms with Gasteiger partial charge in [-0.05, 0) is 31.0 Å². The average molecular weight is 271 g/mol. The molecule has 2 heterocycles. The van der Waals surface area contributed by atoms with E-state index >= 15 is 0 Å². The predicted octanol–water partition coefficient (Wildman–Crippen LogP) is 0.914. The molecule has 0 radical (unpaired) electrons. The molecule has 104 valence electrons. The monoisotopic (exact) mass is 271 g/mol. The number of nitrogens with zero attached hydrogens (tertiary/aromatic N) is 3. The van der Waals surface area contributed by atoms with Crippen LogP contribution in [0.2, 0.25) is 0 Å². The Bertz CT molecular complexity index is 657. The van der Waals surface area contributed by atoms with Gasteiger partial charge >= 0.3 is 0 Å². The Morgan fingerprint density at radius 1 is 1.35 bits per heavy atom. The van der Waals surface area contributed by atoms with E-state index in [0.717, 1.165) is 36.1 Å². The highest BCUT2D eigenvalue weighted by Gasteiger charge is 2.25. The Kier molecular flexibility index (Phi) is 3.14. The molecule has 0 bridgehead atoms. The number of primary amides is 1. The van der Waals surface area contributed by atoms with E-state index in [0.29, 0.717) is 12.2 Å². The van der Waals surface area contributed by atoms with Crippen LogP contribution in [0.5, 0.6) is 0 Å². The number of piperidine rings is 1. The third-order valence-electron chi connectivity index (χ3n) is 3.76. The SMILES string of the molecule is NC(=O)C1CCCN(c2ncnc3ccc(N)cc23)C1.